The van der Waals surface area contributed by atoms with Crippen LogP contribution >= 0.6 is 22.6 Å². The molecule has 0 aliphatic carbocycles. The van der Waals surface area contributed by atoms with Crippen LogP contribution < -0.4 is 4.74 Å². The number of aromatic nitrogens is 1. The van der Waals surface area contributed by atoms with Crippen LogP contribution in [0.2, 0.25) is 0 Å². The molecule has 3 unspecified atom stereocenters. The zero-order chi connectivity index (χ0) is 23.7. The number of esters is 1. The van der Waals surface area contributed by atoms with Crippen LogP contribution in [0.3, 0.4) is 0 Å². The molecule has 1 aromatic heterocycles. The second kappa shape index (κ2) is 10.2. The van der Waals surface area contributed by atoms with Gasteiger partial charge >= 0.3 is 5.97 Å². The number of nitrogens with zero attached hydrogens (tertiary/aromatic N) is 2. The fourth-order valence-electron chi connectivity index (χ4n) is 5.81. The number of benzene rings is 2. The normalized spacial score (nSPS) is 24.7. The number of hydrogen-bond acceptors (Lipinski definition) is 5. The highest BCUT2D eigenvalue weighted by Crippen LogP contribution is 2.44. The fourth-order valence-corrected chi connectivity index (χ4v) is 6.39. The third-order valence-electron chi connectivity index (χ3n) is 7.65. The second-order valence-electron chi connectivity index (χ2n) is 9.48. The molecule has 4 heterocycles. The summed E-state index contributed by atoms with van der Waals surface area (Å²) in [5, 5.41) is 0.989. The zero-order valence-corrected chi connectivity index (χ0v) is 21.9. The van der Waals surface area contributed by atoms with Crippen molar-refractivity contribution in [3.05, 3.63) is 69.4 Å². The molecule has 3 saturated heterocycles. The van der Waals surface area contributed by atoms with Crippen LogP contribution in [0.4, 0.5) is 0 Å². The lowest BCUT2D eigenvalue weighted by Gasteiger charge is -2.51. The van der Waals surface area contributed by atoms with E-state index >= 15 is 0 Å². The van der Waals surface area contributed by atoms with E-state index in [4.69, 9.17) is 9.47 Å². The Morgan fingerprint density at radius 2 is 2.09 bits per heavy atom. The number of carbonyl (C=O) groups excluding carboxylic acids is 1. The second-order valence-corrected chi connectivity index (χ2v) is 10.6. The first-order chi connectivity index (χ1) is 16.6. The highest BCUT2D eigenvalue weighted by molar-refractivity contribution is 14.1. The molecule has 6 rings (SSSR count). The summed E-state index contributed by atoms with van der Waals surface area (Å²) < 4.78 is 13.0. The van der Waals surface area contributed by atoms with E-state index in [-0.39, 0.29) is 24.5 Å². The van der Waals surface area contributed by atoms with Crippen molar-refractivity contribution >= 4 is 39.5 Å². The van der Waals surface area contributed by atoms with E-state index in [2.05, 4.69) is 39.4 Å². The molecule has 0 spiro atoms. The summed E-state index contributed by atoms with van der Waals surface area (Å²) in [5.41, 5.74) is 2.91. The fraction of sp³-hybridized carbons (Fsp3) is 0.429. The van der Waals surface area contributed by atoms with Crippen LogP contribution in [0.1, 0.15) is 43.4 Å². The minimum atomic E-state index is -0.341. The van der Waals surface area contributed by atoms with E-state index in [0.29, 0.717) is 5.92 Å². The molecule has 3 aliphatic heterocycles. The molecule has 178 valence electrons. The molecule has 0 saturated carbocycles. The van der Waals surface area contributed by atoms with Gasteiger partial charge in [-0.05, 0) is 89.7 Å². The Bertz CT molecular complexity index is 1180. The van der Waals surface area contributed by atoms with E-state index in [0.717, 1.165) is 56.8 Å². The van der Waals surface area contributed by atoms with Gasteiger partial charge in [-0.15, -0.1) is 0 Å². The molecule has 3 fully saturated rings. The van der Waals surface area contributed by atoms with Gasteiger partial charge in [0.05, 0.1) is 25.1 Å². The summed E-state index contributed by atoms with van der Waals surface area (Å²) in [6.45, 7) is 4.45. The number of carbonyl (C=O) groups is 1. The lowest BCUT2D eigenvalue weighted by molar-refractivity contribution is -0.157. The number of rotatable bonds is 7. The van der Waals surface area contributed by atoms with Gasteiger partial charge in [0.15, 0.2) is 0 Å². The van der Waals surface area contributed by atoms with E-state index in [1.807, 2.05) is 54.7 Å². The van der Waals surface area contributed by atoms with Crippen molar-refractivity contribution in [1.29, 1.82) is 0 Å². The van der Waals surface area contributed by atoms with Gasteiger partial charge in [0.1, 0.15) is 11.9 Å². The Hall–Kier alpha value is -2.19. The molecule has 5 atom stereocenters. The van der Waals surface area contributed by atoms with Crippen LogP contribution in [0, 0.1) is 15.4 Å². The van der Waals surface area contributed by atoms with Crippen LogP contribution in [-0.2, 0) is 16.0 Å². The monoisotopic (exact) mass is 570 g/mol. The third-order valence-corrected chi connectivity index (χ3v) is 8.70. The molecule has 0 radical (unpaired) electrons. The maximum Gasteiger partial charge on any atom is 0.310 e. The summed E-state index contributed by atoms with van der Waals surface area (Å²) in [6.07, 6.45) is 5.27. The minimum absolute atomic E-state index is 0.178. The van der Waals surface area contributed by atoms with Gasteiger partial charge in [0.2, 0.25) is 0 Å². The summed E-state index contributed by atoms with van der Waals surface area (Å²) >= 11 is 2.28. The standard InChI is InChI=1S/C28H31IN2O3/c1-3-18-17-31-13-11-19(18)14-26(31)28(34-27(32)15-20-6-4-5-7-24(20)29)22-10-12-30-25-9-8-21(33-2)16-23(22)25/h4-10,12,16,18-19,26,28H,3,11,13-15,17H2,1-2H3/t18-,19?,26+,28?/m0/s1. The van der Waals surface area contributed by atoms with Crippen molar-refractivity contribution in [2.75, 3.05) is 20.2 Å². The van der Waals surface area contributed by atoms with Crippen molar-refractivity contribution in [3.63, 3.8) is 0 Å². The topological polar surface area (TPSA) is 51.7 Å². The van der Waals surface area contributed by atoms with E-state index < -0.39 is 0 Å². The molecule has 6 heteroatoms. The molecule has 0 amide bonds. The molecule has 3 aromatic rings. The van der Waals surface area contributed by atoms with Gasteiger partial charge in [-0.2, -0.15) is 0 Å². The first-order valence-corrected chi connectivity index (χ1v) is 13.2. The largest absolute Gasteiger partial charge is 0.497 e. The third kappa shape index (κ3) is 4.67. The quantitative estimate of drug-likeness (QED) is 0.266. The Morgan fingerprint density at radius 3 is 2.82 bits per heavy atom. The van der Waals surface area contributed by atoms with Gasteiger partial charge in [0, 0.05) is 27.3 Å². The molecule has 34 heavy (non-hydrogen) atoms. The number of pyridine rings is 1. The van der Waals surface area contributed by atoms with Crippen molar-refractivity contribution in [1.82, 2.24) is 9.88 Å². The number of ether oxygens (including phenoxy) is 2. The Morgan fingerprint density at radius 1 is 1.24 bits per heavy atom. The Labute approximate surface area is 215 Å². The average molecular weight is 570 g/mol. The van der Waals surface area contributed by atoms with E-state index in [1.54, 1.807) is 7.11 Å². The Kier molecular flexibility index (Phi) is 7.06. The maximum atomic E-state index is 13.3. The number of methoxy groups -OCH3 is 1. The molecule has 3 aliphatic rings. The summed E-state index contributed by atoms with van der Waals surface area (Å²) in [5.74, 6) is 2.03. The predicted molar refractivity (Wildman–Crippen MR) is 142 cm³/mol. The molecule has 2 bridgehead atoms. The molecular formula is C28H31IN2O3. The number of fused-ring (bicyclic) bond motifs is 4. The Balaban J connectivity index is 1.51. The smallest absolute Gasteiger partial charge is 0.310 e. The highest BCUT2D eigenvalue weighted by atomic mass is 127. The van der Waals surface area contributed by atoms with Crippen LogP contribution in [0.15, 0.2) is 54.7 Å². The summed E-state index contributed by atoms with van der Waals surface area (Å²) in [4.78, 5) is 20.4. The number of halogens is 1. The first-order valence-electron chi connectivity index (χ1n) is 12.2. The van der Waals surface area contributed by atoms with Crippen molar-refractivity contribution < 1.29 is 14.3 Å². The van der Waals surface area contributed by atoms with Crippen LogP contribution in [0.25, 0.3) is 10.9 Å². The number of hydrogen-bond donors (Lipinski definition) is 0. The van der Waals surface area contributed by atoms with Gasteiger partial charge in [-0.25, -0.2) is 0 Å². The predicted octanol–water partition coefficient (Wildman–Crippen LogP) is 5.80. The number of piperidine rings is 3. The molecule has 2 aromatic carbocycles. The van der Waals surface area contributed by atoms with E-state index in [1.165, 1.54) is 12.8 Å². The van der Waals surface area contributed by atoms with Gasteiger partial charge in [-0.1, -0.05) is 31.5 Å². The van der Waals surface area contributed by atoms with Gasteiger partial charge < -0.3 is 9.47 Å². The van der Waals surface area contributed by atoms with Crippen molar-refractivity contribution in [2.45, 2.75) is 44.8 Å². The maximum absolute atomic E-state index is 13.3. The first kappa shape index (κ1) is 23.5. The van der Waals surface area contributed by atoms with Gasteiger partial charge in [0.25, 0.3) is 0 Å². The summed E-state index contributed by atoms with van der Waals surface area (Å²) in [6, 6.07) is 16.1. The molecular weight excluding hydrogens is 539 g/mol. The van der Waals surface area contributed by atoms with Gasteiger partial charge in [-0.3, -0.25) is 14.7 Å². The van der Waals surface area contributed by atoms with Crippen LogP contribution in [-0.4, -0.2) is 42.1 Å². The molecule has 0 N–H and O–H groups in total. The lowest BCUT2D eigenvalue weighted by Crippen LogP contribution is -2.55. The average Bonchev–Trinajstić information content (AvgIpc) is 2.88. The zero-order valence-electron chi connectivity index (χ0n) is 19.7. The van der Waals surface area contributed by atoms with E-state index in [9.17, 15) is 4.79 Å². The minimum Gasteiger partial charge on any atom is -0.497 e. The van der Waals surface area contributed by atoms with Crippen molar-refractivity contribution in [2.24, 2.45) is 11.8 Å². The van der Waals surface area contributed by atoms with Crippen LogP contribution in [0.5, 0.6) is 5.75 Å². The lowest BCUT2D eigenvalue weighted by atomic mass is 9.72. The molecule has 5 nitrogen and oxygen atoms in total. The SMILES string of the molecule is CC[C@H]1CN2CCC1C[C@@H]2C(OC(=O)Cc1ccccc1I)c1ccnc2ccc(OC)cc12. The highest BCUT2D eigenvalue weighted by Gasteiger charge is 2.44. The summed E-state index contributed by atoms with van der Waals surface area (Å²) in [7, 11) is 1.67. The van der Waals surface area contributed by atoms with Crippen molar-refractivity contribution in [3.8, 4) is 5.75 Å².